The second kappa shape index (κ2) is 8.02. The average molecular weight is 445 g/mol. The highest BCUT2D eigenvalue weighted by Gasteiger charge is 2.34. The molecule has 1 heterocycles. The predicted octanol–water partition coefficient (Wildman–Crippen LogP) is 4.07. The first-order valence-corrected chi connectivity index (χ1v) is 9.49. The first-order valence-electron chi connectivity index (χ1n) is 8.29. The smallest absolute Gasteiger partial charge is 0.270 e. The minimum absolute atomic E-state index is 0.0176. The Labute approximate surface area is 171 Å². The number of thiocarbonyl (C=S) groups is 1. The number of amides is 2. The normalized spacial score (nSPS) is 16.1. The maximum absolute atomic E-state index is 12.9. The Hall–Kier alpha value is -2.51. The van der Waals surface area contributed by atoms with Crippen molar-refractivity contribution in [1.29, 1.82) is 0 Å². The summed E-state index contributed by atoms with van der Waals surface area (Å²) in [5, 5.41) is 2.63. The second-order valence-electron chi connectivity index (χ2n) is 6.17. The number of carbonyl (C=O) groups excluding carboxylic acids is 2. The summed E-state index contributed by atoms with van der Waals surface area (Å²) in [5.41, 5.74) is 1.32. The molecule has 138 valence electrons. The molecule has 2 aromatic carbocycles. The molecule has 1 saturated heterocycles. The van der Waals surface area contributed by atoms with Gasteiger partial charge in [-0.3, -0.25) is 19.8 Å². The highest BCUT2D eigenvalue weighted by Crippen LogP contribution is 2.24. The highest BCUT2D eigenvalue weighted by molar-refractivity contribution is 9.10. The van der Waals surface area contributed by atoms with E-state index in [2.05, 4.69) is 21.2 Å². The number of ether oxygens (including phenoxy) is 1. The molecule has 1 fully saturated rings. The van der Waals surface area contributed by atoms with E-state index >= 15 is 0 Å². The van der Waals surface area contributed by atoms with E-state index in [1.807, 2.05) is 13.8 Å². The van der Waals surface area contributed by atoms with Gasteiger partial charge in [-0.15, -0.1) is 0 Å². The van der Waals surface area contributed by atoms with Crippen LogP contribution >= 0.6 is 28.1 Å². The number of carbonyl (C=O) groups is 2. The molecule has 0 aliphatic carbocycles. The van der Waals surface area contributed by atoms with Gasteiger partial charge in [0, 0.05) is 4.47 Å². The van der Waals surface area contributed by atoms with E-state index in [9.17, 15) is 9.59 Å². The first-order chi connectivity index (χ1) is 12.8. The lowest BCUT2D eigenvalue weighted by atomic mass is 10.1. The van der Waals surface area contributed by atoms with Crippen LogP contribution in [-0.4, -0.2) is 23.0 Å². The Morgan fingerprint density at radius 3 is 2.30 bits per heavy atom. The SMILES string of the molecule is CC(C)Oc1ccc(C=C2C(=O)NC(=S)N(c3ccc(Br)cc3)C2=O)cc1. The Morgan fingerprint density at radius 1 is 1.07 bits per heavy atom. The number of halogens is 1. The molecule has 0 atom stereocenters. The van der Waals surface area contributed by atoms with Gasteiger partial charge in [0.25, 0.3) is 11.8 Å². The van der Waals surface area contributed by atoms with Gasteiger partial charge in [-0.05, 0) is 74.1 Å². The van der Waals surface area contributed by atoms with Gasteiger partial charge >= 0.3 is 0 Å². The van der Waals surface area contributed by atoms with Crippen LogP contribution in [-0.2, 0) is 9.59 Å². The predicted molar refractivity (Wildman–Crippen MR) is 113 cm³/mol. The number of nitrogens with one attached hydrogen (secondary N) is 1. The van der Waals surface area contributed by atoms with Crippen LogP contribution < -0.4 is 15.0 Å². The van der Waals surface area contributed by atoms with Crippen LogP contribution in [0.15, 0.2) is 58.6 Å². The van der Waals surface area contributed by atoms with Gasteiger partial charge < -0.3 is 4.74 Å². The summed E-state index contributed by atoms with van der Waals surface area (Å²) in [6, 6.07) is 14.3. The van der Waals surface area contributed by atoms with Crippen molar-refractivity contribution >= 4 is 56.8 Å². The molecule has 0 radical (unpaired) electrons. The van der Waals surface area contributed by atoms with E-state index in [1.165, 1.54) is 4.90 Å². The van der Waals surface area contributed by atoms with Crippen molar-refractivity contribution in [2.24, 2.45) is 0 Å². The molecular formula is C20H17BrN2O3S. The van der Waals surface area contributed by atoms with Crippen LogP contribution in [0.1, 0.15) is 19.4 Å². The molecule has 2 aromatic rings. The number of rotatable bonds is 4. The lowest BCUT2D eigenvalue weighted by Crippen LogP contribution is -2.54. The van der Waals surface area contributed by atoms with E-state index in [-0.39, 0.29) is 16.8 Å². The third-order valence-corrected chi connectivity index (χ3v) is 4.56. The summed E-state index contributed by atoms with van der Waals surface area (Å²) in [7, 11) is 0. The van der Waals surface area contributed by atoms with E-state index in [1.54, 1.807) is 54.6 Å². The van der Waals surface area contributed by atoms with Crippen molar-refractivity contribution in [2.45, 2.75) is 20.0 Å². The molecule has 0 bridgehead atoms. The van der Waals surface area contributed by atoms with Gasteiger partial charge in [0.05, 0.1) is 11.8 Å². The molecule has 0 unspecified atom stereocenters. The molecule has 2 amide bonds. The fraction of sp³-hybridized carbons (Fsp3) is 0.150. The lowest BCUT2D eigenvalue weighted by Gasteiger charge is -2.29. The number of nitrogens with zero attached hydrogens (tertiary/aromatic N) is 1. The summed E-state index contributed by atoms with van der Waals surface area (Å²) < 4.78 is 6.48. The van der Waals surface area contributed by atoms with E-state index in [4.69, 9.17) is 17.0 Å². The topological polar surface area (TPSA) is 58.6 Å². The van der Waals surface area contributed by atoms with Crippen LogP contribution in [0.4, 0.5) is 5.69 Å². The van der Waals surface area contributed by atoms with Crippen LogP contribution in [0.3, 0.4) is 0 Å². The van der Waals surface area contributed by atoms with Crippen molar-refractivity contribution in [3.63, 3.8) is 0 Å². The van der Waals surface area contributed by atoms with Crippen molar-refractivity contribution in [2.75, 3.05) is 4.90 Å². The number of anilines is 1. The Kier molecular flexibility index (Phi) is 5.72. The van der Waals surface area contributed by atoms with Crippen molar-refractivity contribution < 1.29 is 14.3 Å². The standard InChI is InChI=1S/C20H17BrN2O3S/c1-12(2)26-16-9-3-13(4-10-16)11-17-18(24)22-20(27)23(19(17)25)15-7-5-14(21)6-8-15/h3-12H,1-2H3,(H,22,24,27). The molecular weight excluding hydrogens is 428 g/mol. The van der Waals surface area contributed by atoms with Gasteiger partial charge in [-0.2, -0.15) is 0 Å². The van der Waals surface area contributed by atoms with Crippen molar-refractivity contribution in [1.82, 2.24) is 5.32 Å². The lowest BCUT2D eigenvalue weighted by molar-refractivity contribution is -0.122. The van der Waals surface area contributed by atoms with Crippen molar-refractivity contribution in [3.05, 3.63) is 64.1 Å². The second-order valence-corrected chi connectivity index (χ2v) is 7.47. The van der Waals surface area contributed by atoms with E-state index in [0.717, 1.165) is 10.2 Å². The molecule has 1 N–H and O–H groups in total. The molecule has 27 heavy (non-hydrogen) atoms. The summed E-state index contributed by atoms with van der Waals surface area (Å²) in [4.78, 5) is 26.5. The van der Waals surface area contributed by atoms with Gasteiger partial charge in [-0.25, -0.2) is 0 Å². The molecule has 1 aliphatic heterocycles. The molecule has 0 aromatic heterocycles. The average Bonchev–Trinajstić information content (AvgIpc) is 2.61. The Morgan fingerprint density at radius 2 is 1.70 bits per heavy atom. The highest BCUT2D eigenvalue weighted by atomic mass is 79.9. The Balaban J connectivity index is 1.90. The quantitative estimate of drug-likeness (QED) is 0.438. The largest absolute Gasteiger partial charge is 0.491 e. The van der Waals surface area contributed by atoms with Crippen LogP contribution in [0.2, 0.25) is 0 Å². The molecule has 7 heteroatoms. The fourth-order valence-corrected chi connectivity index (χ4v) is 3.11. The number of hydrogen-bond donors (Lipinski definition) is 1. The van der Waals surface area contributed by atoms with Crippen LogP contribution in [0.5, 0.6) is 5.75 Å². The summed E-state index contributed by atoms with van der Waals surface area (Å²) >= 11 is 8.55. The monoisotopic (exact) mass is 444 g/mol. The van der Waals surface area contributed by atoms with Crippen molar-refractivity contribution in [3.8, 4) is 5.75 Å². The molecule has 0 saturated carbocycles. The molecule has 5 nitrogen and oxygen atoms in total. The summed E-state index contributed by atoms with van der Waals surface area (Å²) in [5.74, 6) is -0.251. The summed E-state index contributed by atoms with van der Waals surface area (Å²) in [6.45, 7) is 3.89. The molecule has 1 aliphatic rings. The Bertz CT molecular complexity index is 921. The maximum Gasteiger partial charge on any atom is 0.270 e. The van der Waals surface area contributed by atoms with Crippen LogP contribution in [0.25, 0.3) is 6.08 Å². The number of benzene rings is 2. The van der Waals surface area contributed by atoms with E-state index < -0.39 is 11.8 Å². The minimum atomic E-state index is -0.513. The minimum Gasteiger partial charge on any atom is -0.491 e. The zero-order chi connectivity index (χ0) is 19.6. The zero-order valence-electron chi connectivity index (χ0n) is 14.7. The van der Waals surface area contributed by atoms with Gasteiger partial charge in [0.1, 0.15) is 11.3 Å². The van der Waals surface area contributed by atoms with Gasteiger partial charge in [-0.1, -0.05) is 28.1 Å². The summed E-state index contributed by atoms with van der Waals surface area (Å²) in [6.07, 6.45) is 1.62. The number of hydrogen-bond acceptors (Lipinski definition) is 4. The zero-order valence-corrected chi connectivity index (χ0v) is 17.1. The third kappa shape index (κ3) is 4.43. The fourth-order valence-electron chi connectivity index (χ4n) is 2.56. The van der Waals surface area contributed by atoms with Crippen LogP contribution in [0, 0.1) is 0 Å². The van der Waals surface area contributed by atoms with Gasteiger partial charge in [0.2, 0.25) is 0 Å². The molecule has 3 rings (SSSR count). The third-order valence-electron chi connectivity index (χ3n) is 3.75. The molecule has 0 spiro atoms. The maximum atomic E-state index is 12.9. The van der Waals surface area contributed by atoms with Gasteiger partial charge in [0.15, 0.2) is 5.11 Å². The first kappa shape index (κ1) is 19.3. The van der Waals surface area contributed by atoms with E-state index in [0.29, 0.717) is 11.3 Å².